The molecule has 3 aliphatic heterocycles. The number of benzene rings is 1. The van der Waals surface area contributed by atoms with Crippen LogP contribution in [-0.4, -0.2) is 46.6 Å². The number of nitrogens with one attached hydrogen (secondary N) is 1. The fourth-order valence-electron chi connectivity index (χ4n) is 3.26. The number of piperidine rings is 1. The van der Waals surface area contributed by atoms with Gasteiger partial charge in [-0.15, -0.1) is 0 Å². The van der Waals surface area contributed by atoms with Crippen LogP contribution in [0, 0.1) is 0 Å². The predicted molar refractivity (Wildman–Crippen MR) is 95.2 cm³/mol. The van der Waals surface area contributed by atoms with Gasteiger partial charge in [-0.3, -0.25) is 0 Å². The van der Waals surface area contributed by atoms with E-state index in [0.29, 0.717) is 5.84 Å². The average molecular weight is 328 g/mol. The van der Waals surface area contributed by atoms with E-state index in [2.05, 4.69) is 50.5 Å². The number of anilines is 1. The van der Waals surface area contributed by atoms with Gasteiger partial charge >= 0.3 is 0 Å². The molecule has 23 heavy (non-hydrogen) atoms. The van der Waals surface area contributed by atoms with Crippen molar-refractivity contribution >= 4 is 29.5 Å². The summed E-state index contributed by atoms with van der Waals surface area (Å²) in [7, 11) is 0. The molecule has 1 fully saturated rings. The van der Waals surface area contributed by atoms with Gasteiger partial charge in [0.1, 0.15) is 12.4 Å². The minimum Gasteiger partial charge on any atom is -0.388 e. The van der Waals surface area contributed by atoms with Crippen LogP contribution in [-0.2, 0) is 0 Å². The summed E-state index contributed by atoms with van der Waals surface area (Å²) in [5, 5.41) is 13.0. The first-order chi connectivity index (χ1) is 11.3. The number of para-hydroxylation sites is 1. The molecule has 0 aliphatic carbocycles. The maximum Gasteiger partial charge on any atom is 0.155 e. The molecule has 120 valence electrons. The van der Waals surface area contributed by atoms with Crippen molar-refractivity contribution in [2.24, 2.45) is 9.98 Å². The highest BCUT2D eigenvalue weighted by Crippen LogP contribution is 2.50. The van der Waals surface area contributed by atoms with Gasteiger partial charge in [0.05, 0.1) is 4.87 Å². The van der Waals surface area contributed by atoms with Crippen LogP contribution in [0.2, 0.25) is 0 Å². The molecular weight excluding hydrogens is 308 g/mol. The number of likely N-dealkylation sites (tertiary alicyclic amines) is 1. The number of amidine groups is 1. The van der Waals surface area contributed by atoms with Gasteiger partial charge in [0, 0.05) is 36.3 Å². The molecule has 0 radical (unpaired) electrons. The molecule has 4 rings (SSSR count). The van der Waals surface area contributed by atoms with Gasteiger partial charge in [0.15, 0.2) is 5.84 Å². The Kier molecular flexibility index (Phi) is 3.87. The third-order valence-corrected chi connectivity index (χ3v) is 5.96. The topological polar surface area (TPSA) is 60.2 Å². The molecule has 6 heteroatoms. The number of allylic oxidation sites excluding steroid dienone is 1. The maximum absolute atomic E-state index is 9.30. The van der Waals surface area contributed by atoms with E-state index in [9.17, 15) is 5.11 Å². The van der Waals surface area contributed by atoms with Crippen LogP contribution >= 0.6 is 11.8 Å². The second-order valence-electron chi connectivity index (χ2n) is 6.00. The molecule has 3 aliphatic rings. The van der Waals surface area contributed by atoms with E-state index < -0.39 is 0 Å². The molecule has 1 aromatic carbocycles. The summed E-state index contributed by atoms with van der Waals surface area (Å²) in [6.07, 6.45) is 6.79. The molecule has 0 unspecified atom stereocenters. The zero-order valence-corrected chi connectivity index (χ0v) is 13.7. The maximum atomic E-state index is 9.30. The van der Waals surface area contributed by atoms with Crippen molar-refractivity contribution in [3.8, 4) is 0 Å². The summed E-state index contributed by atoms with van der Waals surface area (Å²) in [6, 6.07) is 8.54. The quantitative estimate of drug-likeness (QED) is 0.876. The number of aliphatic imine (C=N–C) groups is 2. The second-order valence-corrected chi connectivity index (χ2v) is 7.43. The molecule has 5 nitrogen and oxygen atoms in total. The van der Waals surface area contributed by atoms with E-state index in [4.69, 9.17) is 0 Å². The fourth-order valence-corrected chi connectivity index (χ4v) is 4.61. The third-order valence-electron chi connectivity index (χ3n) is 4.48. The Morgan fingerprint density at radius 1 is 1.26 bits per heavy atom. The van der Waals surface area contributed by atoms with Crippen molar-refractivity contribution in [3.05, 3.63) is 36.2 Å². The molecule has 1 spiro atoms. The molecular formula is C17H20N4OS. The molecule has 1 aromatic rings. The Bertz CT molecular complexity index is 663. The van der Waals surface area contributed by atoms with Crippen LogP contribution in [0.4, 0.5) is 5.69 Å². The lowest BCUT2D eigenvalue weighted by molar-refractivity contribution is 0.257. The number of hydrogen-bond acceptors (Lipinski definition) is 6. The van der Waals surface area contributed by atoms with E-state index in [1.165, 1.54) is 10.6 Å². The van der Waals surface area contributed by atoms with E-state index in [-0.39, 0.29) is 11.5 Å². The fraction of sp³-hybridized carbons (Fsp3) is 0.412. The Morgan fingerprint density at radius 3 is 2.87 bits per heavy atom. The monoisotopic (exact) mass is 328 g/mol. The lowest BCUT2D eigenvalue weighted by atomic mass is 10.0. The minimum atomic E-state index is -0.113. The molecule has 0 bridgehead atoms. The predicted octanol–water partition coefficient (Wildman–Crippen LogP) is 2.70. The van der Waals surface area contributed by atoms with E-state index >= 15 is 0 Å². The van der Waals surface area contributed by atoms with Gasteiger partial charge in [-0.05, 0) is 31.1 Å². The smallest absolute Gasteiger partial charge is 0.155 e. The Balaban J connectivity index is 1.45. The summed E-state index contributed by atoms with van der Waals surface area (Å²) >= 11 is 1.96. The molecule has 2 N–H and O–H groups in total. The zero-order chi connectivity index (χ0) is 15.7. The van der Waals surface area contributed by atoms with Crippen LogP contribution in [0.25, 0.3) is 0 Å². The standard InChI is InChI=1S/C17H20N4OS/c22-12-15-18-9-3-6-16(19-15)21-10-7-17(8-11-21)20-13-4-1-2-5-14(13)23-17/h1-2,4-6,9,20,22H,3,7-8,10-12H2. The van der Waals surface area contributed by atoms with Gasteiger partial charge < -0.3 is 15.3 Å². The molecule has 3 heterocycles. The van der Waals surface area contributed by atoms with Crippen molar-refractivity contribution in [1.82, 2.24) is 4.90 Å². The first-order valence-electron chi connectivity index (χ1n) is 8.00. The number of fused-ring (bicyclic) bond motifs is 1. The third kappa shape index (κ3) is 2.88. The highest BCUT2D eigenvalue weighted by atomic mass is 32.2. The van der Waals surface area contributed by atoms with E-state index in [1.54, 1.807) is 6.21 Å². The van der Waals surface area contributed by atoms with E-state index in [0.717, 1.165) is 38.2 Å². The largest absolute Gasteiger partial charge is 0.388 e. The number of nitrogens with zero attached hydrogens (tertiary/aromatic N) is 3. The van der Waals surface area contributed by atoms with Crippen LogP contribution < -0.4 is 5.32 Å². The van der Waals surface area contributed by atoms with Crippen molar-refractivity contribution in [2.45, 2.75) is 29.0 Å². The van der Waals surface area contributed by atoms with Crippen molar-refractivity contribution in [2.75, 3.05) is 25.0 Å². The number of thioether (sulfide) groups is 1. The van der Waals surface area contributed by atoms with Crippen LogP contribution in [0.15, 0.2) is 51.0 Å². The molecule has 1 saturated heterocycles. The van der Waals surface area contributed by atoms with Crippen molar-refractivity contribution in [3.63, 3.8) is 0 Å². The summed E-state index contributed by atoms with van der Waals surface area (Å²) in [6.45, 7) is 1.81. The molecule has 0 atom stereocenters. The molecule has 0 amide bonds. The minimum absolute atomic E-state index is 0.113. The molecule has 0 saturated carbocycles. The summed E-state index contributed by atoms with van der Waals surface area (Å²) in [5.41, 5.74) is 1.26. The number of aliphatic hydroxyl groups is 1. The number of hydrogen-bond donors (Lipinski definition) is 2. The Hall–Kier alpha value is -1.79. The normalized spacial score (nSPS) is 22.2. The van der Waals surface area contributed by atoms with Gasteiger partial charge in [-0.1, -0.05) is 23.9 Å². The summed E-state index contributed by atoms with van der Waals surface area (Å²) in [5.74, 6) is 1.44. The molecule has 0 aromatic heterocycles. The average Bonchev–Trinajstić information content (AvgIpc) is 2.77. The lowest BCUT2D eigenvalue weighted by Gasteiger charge is -2.40. The Labute approximate surface area is 140 Å². The highest BCUT2D eigenvalue weighted by Gasteiger charge is 2.40. The first-order valence-corrected chi connectivity index (χ1v) is 8.82. The summed E-state index contributed by atoms with van der Waals surface area (Å²) < 4.78 is 0. The second kappa shape index (κ2) is 6.02. The number of rotatable bonds is 2. The van der Waals surface area contributed by atoms with Gasteiger partial charge in [-0.2, -0.15) is 0 Å². The first kappa shape index (κ1) is 14.8. The van der Waals surface area contributed by atoms with Gasteiger partial charge in [-0.25, -0.2) is 9.98 Å². The van der Waals surface area contributed by atoms with E-state index in [1.807, 2.05) is 11.8 Å². The van der Waals surface area contributed by atoms with Gasteiger partial charge in [0.25, 0.3) is 0 Å². The number of aliphatic hydroxyl groups excluding tert-OH is 1. The van der Waals surface area contributed by atoms with Crippen LogP contribution in [0.3, 0.4) is 0 Å². The SMILES string of the molecule is OCC1=NC(N2CCC3(CC2)Nc2ccccc2S3)=CCC=N1. The van der Waals surface area contributed by atoms with Crippen molar-refractivity contribution in [1.29, 1.82) is 0 Å². The Morgan fingerprint density at radius 2 is 2.09 bits per heavy atom. The summed E-state index contributed by atoms with van der Waals surface area (Å²) in [4.78, 5) is 12.4. The highest BCUT2D eigenvalue weighted by molar-refractivity contribution is 8.01. The van der Waals surface area contributed by atoms with Crippen LogP contribution in [0.5, 0.6) is 0 Å². The lowest BCUT2D eigenvalue weighted by Crippen LogP contribution is -2.44. The van der Waals surface area contributed by atoms with Gasteiger partial charge in [0.2, 0.25) is 0 Å². The van der Waals surface area contributed by atoms with Crippen LogP contribution in [0.1, 0.15) is 19.3 Å². The zero-order valence-electron chi connectivity index (χ0n) is 12.9. The van der Waals surface area contributed by atoms with Crippen molar-refractivity contribution < 1.29 is 5.11 Å².